The second kappa shape index (κ2) is 7.56. The molecule has 4 rings (SSSR count). The van der Waals surface area contributed by atoms with Crippen molar-refractivity contribution in [3.63, 3.8) is 0 Å². The van der Waals surface area contributed by atoms with E-state index in [2.05, 4.69) is 34.5 Å². The third-order valence-corrected chi connectivity index (χ3v) is 6.94. The van der Waals surface area contributed by atoms with Crippen LogP contribution in [0.3, 0.4) is 0 Å². The number of fused-ring (bicyclic) bond motifs is 1. The van der Waals surface area contributed by atoms with Gasteiger partial charge < -0.3 is 10.2 Å². The predicted octanol–water partition coefficient (Wildman–Crippen LogP) is 6.56. The molecule has 0 spiro atoms. The van der Waals surface area contributed by atoms with Crippen LogP contribution in [0.15, 0.2) is 53.4 Å². The van der Waals surface area contributed by atoms with Crippen LogP contribution < -0.4 is 10.2 Å². The molecule has 1 N–H and O–H groups in total. The number of thiocarbonyl (C=S) groups is 1. The molecule has 1 aliphatic carbocycles. The number of para-hydroxylation sites is 1. The molecular formula is C20H21ClN2S2. The zero-order valence-electron chi connectivity index (χ0n) is 14.0. The van der Waals surface area contributed by atoms with Crippen molar-refractivity contribution in [3.8, 4) is 0 Å². The maximum absolute atomic E-state index is 6.12. The van der Waals surface area contributed by atoms with Crippen LogP contribution >= 0.6 is 35.6 Å². The van der Waals surface area contributed by atoms with Crippen LogP contribution in [0.4, 0.5) is 11.4 Å². The molecule has 0 saturated heterocycles. The monoisotopic (exact) mass is 388 g/mol. The van der Waals surface area contributed by atoms with E-state index in [0.717, 1.165) is 10.8 Å². The summed E-state index contributed by atoms with van der Waals surface area (Å²) >= 11 is 13.9. The van der Waals surface area contributed by atoms with Crippen molar-refractivity contribution in [2.75, 3.05) is 10.2 Å². The van der Waals surface area contributed by atoms with Crippen molar-refractivity contribution in [2.45, 2.75) is 42.4 Å². The fraction of sp³-hybridized carbons (Fsp3) is 0.350. The Bertz CT molecular complexity index is 774. The van der Waals surface area contributed by atoms with E-state index in [-0.39, 0.29) is 0 Å². The molecule has 5 heteroatoms. The minimum Gasteiger partial charge on any atom is -0.332 e. The van der Waals surface area contributed by atoms with Gasteiger partial charge in [-0.25, -0.2) is 0 Å². The van der Waals surface area contributed by atoms with Crippen LogP contribution in [0.25, 0.3) is 0 Å². The smallest absolute Gasteiger partial charge is 0.178 e. The van der Waals surface area contributed by atoms with Crippen molar-refractivity contribution >= 4 is 52.1 Å². The topological polar surface area (TPSA) is 15.3 Å². The van der Waals surface area contributed by atoms with Gasteiger partial charge >= 0.3 is 0 Å². The second-order valence-electron chi connectivity index (χ2n) is 6.68. The van der Waals surface area contributed by atoms with Gasteiger partial charge in [-0.3, -0.25) is 0 Å². The Hall–Kier alpha value is -1.23. The summed E-state index contributed by atoms with van der Waals surface area (Å²) in [5.74, 6) is 0.685. The largest absolute Gasteiger partial charge is 0.332 e. The molecule has 0 radical (unpaired) electrons. The van der Waals surface area contributed by atoms with Crippen LogP contribution in [0.1, 0.15) is 32.1 Å². The number of anilines is 2. The van der Waals surface area contributed by atoms with E-state index in [0.29, 0.717) is 16.3 Å². The fourth-order valence-corrected chi connectivity index (χ4v) is 5.86. The van der Waals surface area contributed by atoms with Gasteiger partial charge in [-0.15, -0.1) is 0 Å². The highest BCUT2D eigenvalue weighted by atomic mass is 35.5. The molecule has 25 heavy (non-hydrogen) atoms. The average molecular weight is 389 g/mol. The fourth-order valence-electron chi connectivity index (χ4n) is 3.78. The van der Waals surface area contributed by atoms with E-state index in [1.807, 2.05) is 36.0 Å². The third-order valence-electron chi connectivity index (χ3n) is 4.97. The van der Waals surface area contributed by atoms with Crippen LogP contribution in [-0.4, -0.2) is 10.5 Å². The molecule has 1 atom stereocenters. The first-order valence-corrected chi connectivity index (χ1v) is 10.5. The van der Waals surface area contributed by atoms with Crippen molar-refractivity contribution in [1.82, 2.24) is 0 Å². The molecule has 2 aliphatic rings. The van der Waals surface area contributed by atoms with E-state index >= 15 is 0 Å². The number of nitrogens with zero attached hydrogens (tertiary/aromatic N) is 1. The second-order valence-corrected chi connectivity index (χ2v) is 8.67. The van der Waals surface area contributed by atoms with Gasteiger partial charge in [-0.05, 0) is 61.3 Å². The zero-order valence-corrected chi connectivity index (χ0v) is 16.3. The van der Waals surface area contributed by atoms with Crippen LogP contribution in [0.5, 0.6) is 0 Å². The highest BCUT2D eigenvalue weighted by Gasteiger charge is 2.38. The molecule has 2 aromatic rings. The van der Waals surface area contributed by atoms with Crippen molar-refractivity contribution in [2.24, 2.45) is 5.92 Å². The maximum Gasteiger partial charge on any atom is 0.178 e. The number of hydrogen-bond acceptors (Lipinski definition) is 2. The van der Waals surface area contributed by atoms with E-state index in [9.17, 15) is 0 Å². The van der Waals surface area contributed by atoms with Crippen molar-refractivity contribution in [3.05, 3.63) is 53.6 Å². The summed E-state index contributed by atoms with van der Waals surface area (Å²) < 4.78 is 0. The lowest BCUT2D eigenvalue weighted by atomic mass is 9.88. The number of nitrogens with one attached hydrogen (secondary N) is 1. The number of hydrogen-bond donors (Lipinski definition) is 1. The van der Waals surface area contributed by atoms with Crippen molar-refractivity contribution in [1.29, 1.82) is 0 Å². The van der Waals surface area contributed by atoms with Gasteiger partial charge in [-0.1, -0.05) is 60.8 Å². The van der Waals surface area contributed by atoms with Gasteiger partial charge in [0, 0.05) is 15.6 Å². The van der Waals surface area contributed by atoms with E-state index in [4.69, 9.17) is 23.8 Å². The first-order valence-electron chi connectivity index (χ1n) is 8.84. The summed E-state index contributed by atoms with van der Waals surface area (Å²) in [6.45, 7) is 0. The normalized spacial score (nSPS) is 20.4. The summed E-state index contributed by atoms with van der Waals surface area (Å²) in [6.07, 6.45) is 6.62. The Balaban J connectivity index is 1.61. The van der Waals surface area contributed by atoms with Crippen LogP contribution in [-0.2, 0) is 0 Å². The standard InChI is InChI=1S/C20H21ClN2S2/c21-15-9-6-10-16(13-15)22-20(24)23-17-11-4-5-12-18(17)25-19(23)14-7-2-1-3-8-14/h4-6,9-14,19H,1-3,7-8H2,(H,22,24). The summed E-state index contributed by atoms with van der Waals surface area (Å²) in [5.41, 5.74) is 2.16. The lowest BCUT2D eigenvalue weighted by molar-refractivity contribution is 0.353. The molecule has 130 valence electrons. The predicted molar refractivity (Wildman–Crippen MR) is 113 cm³/mol. The SMILES string of the molecule is S=C(Nc1cccc(Cl)c1)N1c2ccccc2SC1C1CCCCC1. The first kappa shape index (κ1) is 17.2. The Morgan fingerprint density at radius 3 is 2.68 bits per heavy atom. The molecular weight excluding hydrogens is 368 g/mol. The number of rotatable bonds is 2. The molecule has 1 aliphatic heterocycles. The molecule has 1 heterocycles. The van der Waals surface area contributed by atoms with Gasteiger partial charge in [0.15, 0.2) is 5.11 Å². The quantitative estimate of drug-likeness (QED) is 0.586. The van der Waals surface area contributed by atoms with Crippen LogP contribution in [0, 0.1) is 5.92 Å². The first-order chi connectivity index (χ1) is 12.2. The van der Waals surface area contributed by atoms with Crippen molar-refractivity contribution < 1.29 is 0 Å². The van der Waals surface area contributed by atoms with E-state index < -0.39 is 0 Å². The molecule has 0 aromatic heterocycles. The summed E-state index contributed by atoms with van der Waals surface area (Å²) in [5, 5.41) is 5.26. The third kappa shape index (κ3) is 3.67. The molecule has 1 saturated carbocycles. The Kier molecular flexibility index (Phi) is 5.20. The summed E-state index contributed by atoms with van der Waals surface area (Å²) in [4.78, 5) is 3.65. The minimum atomic E-state index is 0.386. The van der Waals surface area contributed by atoms with Gasteiger partial charge in [-0.2, -0.15) is 0 Å². The van der Waals surface area contributed by atoms with Gasteiger partial charge in [0.2, 0.25) is 0 Å². The molecule has 0 amide bonds. The summed E-state index contributed by atoms with van der Waals surface area (Å²) in [7, 11) is 0. The number of halogens is 1. The highest BCUT2D eigenvalue weighted by Crippen LogP contribution is 2.49. The number of benzene rings is 2. The van der Waals surface area contributed by atoms with E-state index in [1.54, 1.807) is 0 Å². The molecule has 1 fully saturated rings. The Morgan fingerprint density at radius 2 is 1.88 bits per heavy atom. The van der Waals surface area contributed by atoms with E-state index in [1.165, 1.54) is 42.7 Å². The maximum atomic E-state index is 6.12. The number of thioether (sulfide) groups is 1. The van der Waals surface area contributed by atoms with Gasteiger partial charge in [0.05, 0.1) is 11.1 Å². The Labute approximate surface area is 163 Å². The van der Waals surface area contributed by atoms with Crippen LogP contribution in [0.2, 0.25) is 5.02 Å². The average Bonchev–Trinajstić information content (AvgIpc) is 3.02. The van der Waals surface area contributed by atoms with Gasteiger partial charge in [0.1, 0.15) is 0 Å². The van der Waals surface area contributed by atoms with Gasteiger partial charge in [0.25, 0.3) is 0 Å². The highest BCUT2D eigenvalue weighted by molar-refractivity contribution is 8.00. The lowest BCUT2D eigenvalue weighted by Crippen LogP contribution is -2.43. The molecule has 2 aromatic carbocycles. The molecule has 2 nitrogen and oxygen atoms in total. The zero-order chi connectivity index (χ0) is 17.2. The lowest BCUT2D eigenvalue weighted by Gasteiger charge is -2.35. The molecule has 1 unspecified atom stereocenters. The Morgan fingerprint density at radius 1 is 1.08 bits per heavy atom. The minimum absolute atomic E-state index is 0.386. The summed E-state index contributed by atoms with van der Waals surface area (Å²) in [6, 6.07) is 16.3. The molecule has 0 bridgehead atoms.